The number of nitrogens with one attached hydrogen (secondary N) is 1. The van der Waals surface area contributed by atoms with Gasteiger partial charge < -0.3 is 10.1 Å². The zero-order valence-electron chi connectivity index (χ0n) is 10.9. The lowest BCUT2D eigenvalue weighted by Crippen LogP contribution is -2.49. The number of hydrogen-bond donors (Lipinski definition) is 1. The molecule has 0 radical (unpaired) electrons. The number of rotatable bonds is 4. The first-order valence-electron chi connectivity index (χ1n) is 5.43. The average Bonchev–Trinajstić information content (AvgIpc) is 2.70. The highest BCUT2D eigenvalue weighted by Crippen LogP contribution is 2.05. The molecule has 1 heterocycles. The quantitative estimate of drug-likeness (QED) is 0.624. The van der Waals surface area contributed by atoms with Crippen LogP contribution in [0.15, 0.2) is 18.3 Å². The lowest BCUT2D eigenvalue weighted by Gasteiger charge is -2.21. The van der Waals surface area contributed by atoms with E-state index in [1.54, 1.807) is 43.9 Å². The second-order valence-corrected chi connectivity index (χ2v) is 4.32. The Kier molecular flexibility index (Phi) is 4.25. The van der Waals surface area contributed by atoms with Gasteiger partial charge in [0, 0.05) is 19.3 Å². The highest BCUT2D eigenvalue weighted by molar-refractivity contribution is 5.95. The van der Waals surface area contributed by atoms with E-state index in [9.17, 15) is 9.59 Å². The van der Waals surface area contributed by atoms with Gasteiger partial charge in [0.05, 0.1) is 12.8 Å². The van der Waals surface area contributed by atoms with E-state index >= 15 is 0 Å². The van der Waals surface area contributed by atoms with Crippen molar-refractivity contribution in [1.82, 2.24) is 15.1 Å². The molecule has 0 fully saturated rings. The zero-order chi connectivity index (χ0) is 13.8. The van der Waals surface area contributed by atoms with Crippen LogP contribution in [0.5, 0.6) is 0 Å². The second kappa shape index (κ2) is 5.48. The summed E-state index contributed by atoms with van der Waals surface area (Å²) in [4.78, 5) is 23.0. The maximum Gasteiger partial charge on any atom is 0.330 e. The molecule has 0 atom stereocenters. The third-order valence-electron chi connectivity index (χ3n) is 2.40. The van der Waals surface area contributed by atoms with Crippen molar-refractivity contribution in [2.45, 2.75) is 19.4 Å². The summed E-state index contributed by atoms with van der Waals surface area (Å²) in [5.74, 6) is -0.864. The molecule has 0 unspecified atom stereocenters. The summed E-state index contributed by atoms with van der Waals surface area (Å²) in [6.07, 6.45) is 4.60. The smallest absolute Gasteiger partial charge is 0.330 e. The van der Waals surface area contributed by atoms with Crippen LogP contribution in [0, 0.1) is 0 Å². The first kappa shape index (κ1) is 14.0. The van der Waals surface area contributed by atoms with Crippen molar-refractivity contribution in [2.24, 2.45) is 7.05 Å². The first-order chi connectivity index (χ1) is 8.36. The molecule has 0 saturated carbocycles. The normalized spacial score (nSPS) is 11.6. The number of methoxy groups -OCH3 is 1. The highest BCUT2D eigenvalue weighted by atomic mass is 16.5. The van der Waals surface area contributed by atoms with Crippen LogP contribution < -0.4 is 5.32 Å². The molecule has 0 aliphatic heterocycles. The maximum absolute atomic E-state index is 11.7. The number of carbonyl (C=O) groups excluding carboxylic acids is 2. The van der Waals surface area contributed by atoms with Crippen molar-refractivity contribution in [1.29, 1.82) is 0 Å². The standard InChI is InChI=1S/C12H17N3O3/c1-12(2,11(17)18-4)14-10(16)6-5-9-7-8-13-15(9)3/h5-8H,1-4H3,(H,14,16). The fourth-order valence-corrected chi connectivity index (χ4v) is 1.36. The van der Waals surface area contributed by atoms with Crippen LogP contribution in [-0.2, 0) is 21.4 Å². The monoisotopic (exact) mass is 251 g/mol. The van der Waals surface area contributed by atoms with Crippen LogP contribution in [0.25, 0.3) is 6.08 Å². The molecule has 0 spiro atoms. The van der Waals surface area contributed by atoms with E-state index in [2.05, 4.69) is 15.2 Å². The molecule has 0 aromatic carbocycles. The largest absolute Gasteiger partial charge is 0.467 e. The van der Waals surface area contributed by atoms with Crippen LogP contribution in [-0.4, -0.2) is 34.3 Å². The Morgan fingerprint density at radius 3 is 2.67 bits per heavy atom. The molecule has 0 aliphatic rings. The van der Waals surface area contributed by atoms with Crippen LogP contribution in [0.1, 0.15) is 19.5 Å². The molecule has 1 amide bonds. The average molecular weight is 251 g/mol. The number of esters is 1. The maximum atomic E-state index is 11.7. The number of hydrogen-bond acceptors (Lipinski definition) is 4. The predicted molar refractivity (Wildman–Crippen MR) is 66.5 cm³/mol. The lowest BCUT2D eigenvalue weighted by molar-refractivity contribution is -0.148. The Morgan fingerprint density at radius 2 is 2.17 bits per heavy atom. The van der Waals surface area contributed by atoms with E-state index in [0.717, 1.165) is 5.69 Å². The first-order valence-corrected chi connectivity index (χ1v) is 5.43. The van der Waals surface area contributed by atoms with E-state index in [1.165, 1.54) is 13.2 Å². The zero-order valence-corrected chi connectivity index (χ0v) is 10.9. The SMILES string of the molecule is COC(=O)C(C)(C)NC(=O)C=Cc1ccnn1C. The van der Waals surface area contributed by atoms with Crippen molar-refractivity contribution in [3.8, 4) is 0 Å². The molecule has 0 bridgehead atoms. The van der Waals surface area contributed by atoms with E-state index in [4.69, 9.17) is 0 Å². The lowest BCUT2D eigenvalue weighted by atomic mass is 10.1. The molecule has 0 aliphatic carbocycles. The van der Waals surface area contributed by atoms with Crippen LogP contribution in [0.4, 0.5) is 0 Å². The summed E-state index contributed by atoms with van der Waals surface area (Å²) in [7, 11) is 3.05. The molecule has 6 heteroatoms. The minimum Gasteiger partial charge on any atom is -0.467 e. The summed E-state index contributed by atoms with van der Waals surface area (Å²) in [5.41, 5.74) is -0.260. The number of aromatic nitrogens is 2. The van der Waals surface area contributed by atoms with Gasteiger partial charge in [0.2, 0.25) is 5.91 Å². The van der Waals surface area contributed by atoms with Gasteiger partial charge in [-0.2, -0.15) is 5.10 Å². The van der Waals surface area contributed by atoms with E-state index in [0.29, 0.717) is 0 Å². The third-order valence-corrected chi connectivity index (χ3v) is 2.40. The topological polar surface area (TPSA) is 73.2 Å². The van der Waals surface area contributed by atoms with Crippen molar-refractivity contribution in [3.63, 3.8) is 0 Å². The summed E-state index contributed by atoms with van der Waals surface area (Å²) in [5, 5.41) is 6.53. The minimum atomic E-state index is -1.05. The van der Waals surface area contributed by atoms with Gasteiger partial charge in [0.15, 0.2) is 0 Å². The summed E-state index contributed by atoms with van der Waals surface area (Å²) < 4.78 is 6.23. The van der Waals surface area contributed by atoms with Crippen molar-refractivity contribution in [3.05, 3.63) is 24.0 Å². The van der Waals surface area contributed by atoms with Gasteiger partial charge in [0.1, 0.15) is 5.54 Å². The minimum absolute atomic E-state index is 0.369. The van der Waals surface area contributed by atoms with E-state index in [-0.39, 0.29) is 5.91 Å². The number of carbonyl (C=O) groups is 2. The molecule has 98 valence electrons. The third kappa shape index (κ3) is 3.44. The fourth-order valence-electron chi connectivity index (χ4n) is 1.36. The fraction of sp³-hybridized carbons (Fsp3) is 0.417. The van der Waals surface area contributed by atoms with Gasteiger partial charge in [-0.15, -0.1) is 0 Å². The van der Waals surface area contributed by atoms with Gasteiger partial charge in [-0.05, 0) is 26.0 Å². The van der Waals surface area contributed by atoms with Gasteiger partial charge in [-0.25, -0.2) is 4.79 Å². The van der Waals surface area contributed by atoms with E-state index in [1.807, 2.05) is 0 Å². The Morgan fingerprint density at radius 1 is 1.50 bits per heavy atom. The predicted octanol–water partition coefficient (Wildman–Crippen LogP) is 0.501. The van der Waals surface area contributed by atoms with E-state index < -0.39 is 11.5 Å². The molecular formula is C12H17N3O3. The molecule has 1 aromatic rings. The van der Waals surface area contributed by atoms with Crippen molar-refractivity contribution >= 4 is 18.0 Å². The Balaban J connectivity index is 2.65. The molecular weight excluding hydrogens is 234 g/mol. The van der Waals surface area contributed by atoms with Gasteiger partial charge in [0.25, 0.3) is 0 Å². The Labute approximate surface area is 106 Å². The second-order valence-electron chi connectivity index (χ2n) is 4.32. The number of nitrogens with zero attached hydrogens (tertiary/aromatic N) is 2. The molecule has 6 nitrogen and oxygen atoms in total. The van der Waals surface area contributed by atoms with Crippen molar-refractivity contribution < 1.29 is 14.3 Å². The molecule has 1 aromatic heterocycles. The van der Waals surface area contributed by atoms with Crippen LogP contribution in [0.2, 0.25) is 0 Å². The van der Waals surface area contributed by atoms with Gasteiger partial charge >= 0.3 is 5.97 Å². The number of aryl methyl sites for hydroxylation is 1. The van der Waals surface area contributed by atoms with Crippen LogP contribution in [0.3, 0.4) is 0 Å². The summed E-state index contributed by atoms with van der Waals surface area (Å²) >= 11 is 0. The molecule has 0 saturated heterocycles. The van der Waals surface area contributed by atoms with Crippen molar-refractivity contribution in [2.75, 3.05) is 7.11 Å². The molecule has 1 rings (SSSR count). The summed E-state index contributed by atoms with van der Waals surface area (Å²) in [6, 6.07) is 1.77. The Hall–Kier alpha value is -2.11. The molecule has 1 N–H and O–H groups in total. The highest BCUT2D eigenvalue weighted by Gasteiger charge is 2.29. The Bertz CT molecular complexity index is 475. The number of ether oxygens (including phenoxy) is 1. The van der Waals surface area contributed by atoms with Gasteiger partial charge in [-0.1, -0.05) is 0 Å². The number of amides is 1. The van der Waals surface area contributed by atoms with Crippen LogP contribution >= 0.6 is 0 Å². The molecule has 18 heavy (non-hydrogen) atoms. The van der Waals surface area contributed by atoms with Gasteiger partial charge in [-0.3, -0.25) is 9.48 Å². The summed E-state index contributed by atoms with van der Waals surface area (Å²) in [6.45, 7) is 3.16.